The van der Waals surface area contributed by atoms with Crippen LogP contribution in [0, 0.1) is 5.41 Å². The van der Waals surface area contributed by atoms with Crippen molar-refractivity contribution in [3.63, 3.8) is 0 Å². The average molecular weight is 300 g/mol. The third-order valence-electron chi connectivity index (χ3n) is 5.68. The lowest BCUT2D eigenvalue weighted by atomic mass is 9.71. The Hall–Kier alpha value is -1.02. The minimum atomic E-state index is 0.563. The van der Waals surface area contributed by atoms with E-state index < -0.39 is 0 Å². The molecule has 22 heavy (non-hydrogen) atoms. The first-order chi connectivity index (χ1) is 10.6. The van der Waals surface area contributed by atoms with Crippen LogP contribution in [0.5, 0.6) is 0 Å². The van der Waals surface area contributed by atoms with Gasteiger partial charge in [-0.1, -0.05) is 26.0 Å². The van der Waals surface area contributed by atoms with Crippen molar-refractivity contribution in [1.29, 1.82) is 0 Å². The second kappa shape index (κ2) is 7.04. The van der Waals surface area contributed by atoms with Crippen LogP contribution in [-0.4, -0.2) is 31.1 Å². The second-order valence-corrected chi connectivity index (χ2v) is 8.04. The van der Waals surface area contributed by atoms with Gasteiger partial charge in [-0.15, -0.1) is 0 Å². The molecule has 1 heterocycles. The Morgan fingerprint density at radius 1 is 1.05 bits per heavy atom. The van der Waals surface area contributed by atoms with Crippen LogP contribution in [0.1, 0.15) is 63.9 Å². The van der Waals surface area contributed by atoms with Crippen molar-refractivity contribution in [1.82, 2.24) is 4.90 Å². The summed E-state index contributed by atoms with van der Waals surface area (Å²) in [7, 11) is 0. The zero-order valence-corrected chi connectivity index (χ0v) is 14.4. The highest BCUT2D eigenvalue weighted by Gasteiger charge is 2.27. The molecule has 2 nitrogen and oxygen atoms in total. The normalized spacial score (nSPS) is 22.8. The van der Waals surface area contributed by atoms with Crippen molar-refractivity contribution >= 4 is 5.69 Å². The standard InChI is InChI=1S/C20H32N2/c1-20(2)11-9-18(10-12-20)17-5-7-19(8-6-17)21-13-16-22-14-3-4-15-22/h5-8,18,21H,3-4,9-16H2,1-2H3. The summed E-state index contributed by atoms with van der Waals surface area (Å²) < 4.78 is 0. The summed E-state index contributed by atoms with van der Waals surface area (Å²) in [5.41, 5.74) is 3.38. The maximum Gasteiger partial charge on any atom is 0.0340 e. The van der Waals surface area contributed by atoms with E-state index in [0.717, 1.165) is 12.5 Å². The van der Waals surface area contributed by atoms with Crippen LogP contribution in [0.2, 0.25) is 0 Å². The van der Waals surface area contributed by atoms with Gasteiger partial charge in [0.05, 0.1) is 0 Å². The summed E-state index contributed by atoms with van der Waals surface area (Å²) in [5, 5.41) is 3.57. The summed E-state index contributed by atoms with van der Waals surface area (Å²) >= 11 is 0. The number of anilines is 1. The Bertz CT molecular complexity index is 447. The van der Waals surface area contributed by atoms with Crippen LogP contribution < -0.4 is 5.32 Å². The topological polar surface area (TPSA) is 15.3 Å². The Labute approximate surface area is 136 Å². The predicted octanol–water partition coefficient (Wildman–Crippen LogP) is 4.88. The van der Waals surface area contributed by atoms with Gasteiger partial charge < -0.3 is 10.2 Å². The molecular weight excluding hydrogens is 268 g/mol. The maximum atomic E-state index is 3.57. The summed E-state index contributed by atoms with van der Waals surface area (Å²) in [6, 6.07) is 9.25. The van der Waals surface area contributed by atoms with Gasteiger partial charge in [-0.3, -0.25) is 0 Å². The average Bonchev–Trinajstić information content (AvgIpc) is 3.02. The van der Waals surface area contributed by atoms with Crippen LogP contribution in [0.15, 0.2) is 24.3 Å². The fourth-order valence-corrected chi connectivity index (χ4v) is 3.97. The summed E-state index contributed by atoms with van der Waals surface area (Å²) in [5.74, 6) is 0.784. The Morgan fingerprint density at radius 3 is 2.32 bits per heavy atom. The van der Waals surface area contributed by atoms with E-state index in [1.165, 1.54) is 63.8 Å². The highest BCUT2D eigenvalue weighted by atomic mass is 15.1. The van der Waals surface area contributed by atoms with Gasteiger partial charge in [-0.05, 0) is 80.6 Å². The molecule has 1 aliphatic carbocycles. The molecule has 1 saturated carbocycles. The van der Waals surface area contributed by atoms with E-state index in [9.17, 15) is 0 Å². The summed E-state index contributed by atoms with van der Waals surface area (Å²) in [4.78, 5) is 2.56. The number of likely N-dealkylation sites (tertiary alicyclic amines) is 1. The molecule has 1 aromatic rings. The smallest absolute Gasteiger partial charge is 0.0340 e. The Balaban J connectivity index is 1.45. The van der Waals surface area contributed by atoms with E-state index >= 15 is 0 Å². The molecule has 0 unspecified atom stereocenters. The van der Waals surface area contributed by atoms with Crippen molar-refractivity contribution in [2.24, 2.45) is 5.41 Å². The van der Waals surface area contributed by atoms with Gasteiger partial charge in [-0.25, -0.2) is 0 Å². The maximum absolute atomic E-state index is 3.57. The van der Waals surface area contributed by atoms with Crippen LogP contribution in [0.3, 0.4) is 0 Å². The number of hydrogen-bond acceptors (Lipinski definition) is 2. The lowest BCUT2D eigenvalue weighted by Crippen LogP contribution is -2.25. The number of rotatable bonds is 5. The highest BCUT2D eigenvalue weighted by Crippen LogP contribution is 2.42. The summed E-state index contributed by atoms with van der Waals surface area (Å²) in [6.45, 7) is 9.65. The largest absolute Gasteiger partial charge is 0.384 e. The van der Waals surface area contributed by atoms with E-state index in [1.807, 2.05) is 0 Å². The SMILES string of the molecule is CC1(C)CCC(c2ccc(NCCN3CCCC3)cc2)CC1. The minimum Gasteiger partial charge on any atom is -0.384 e. The first-order valence-electron chi connectivity index (χ1n) is 9.19. The fraction of sp³-hybridized carbons (Fsp3) is 0.700. The molecular formula is C20H32N2. The number of nitrogens with one attached hydrogen (secondary N) is 1. The molecule has 1 saturated heterocycles. The van der Waals surface area contributed by atoms with E-state index in [2.05, 4.69) is 48.3 Å². The highest BCUT2D eigenvalue weighted by molar-refractivity contribution is 5.45. The first-order valence-corrected chi connectivity index (χ1v) is 9.19. The number of benzene rings is 1. The van der Waals surface area contributed by atoms with Crippen molar-refractivity contribution in [2.75, 3.05) is 31.5 Å². The molecule has 1 N–H and O–H groups in total. The third kappa shape index (κ3) is 4.25. The zero-order chi connectivity index (χ0) is 15.4. The van der Waals surface area contributed by atoms with Gasteiger partial charge in [0, 0.05) is 18.8 Å². The van der Waals surface area contributed by atoms with Gasteiger partial charge in [0.25, 0.3) is 0 Å². The van der Waals surface area contributed by atoms with E-state index in [-0.39, 0.29) is 0 Å². The van der Waals surface area contributed by atoms with E-state index in [1.54, 1.807) is 5.56 Å². The molecule has 0 radical (unpaired) electrons. The minimum absolute atomic E-state index is 0.563. The molecule has 2 aliphatic rings. The van der Waals surface area contributed by atoms with Crippen molar-refractivity contribution in [2.45, 2.75) is 58.3 Å². The van der Waals surface area contributed by atoms with Crippen molar-refractivity contribution in [3.05, 3.63) is 29.8 Å². The van der Waals surface area contributed by atoms with Gasteiger partial charge in [0.15, 0.2) is 0 Å². The lowest BCUT2D eigenvalue weighted by Gasteiger charge is -2.34. The molecule has 122 valence electrons. The lowest BCUT2D eigenvalue weighted by molar-refractivity contribution is 0.224. The van der Waals surface area contributed by atoms with Crippen LogP contribution in [0.4, 0.5) is 5.69 Å². The fourth-order valence-electron chi connectivity index (χ4n) is 3.97. The van der Waals surface area contributed by atoms with Gasteiger partial charge >= 0.3 is 0 Å². The molecule has 2 fully saturated rings. The molecule has 1 aromatic carbocycles. The third-order valence-corrected chi connectivity index (χ3v) is 5.68. The summed E-state index contributed by atoms with van der Waals surface area (Å²) in [6.07, 6.45) is 8.21. The Kier molecular flexibility index (Phi) is 5.07. The van der Waals surface area contributed by atoms with Gasteiger partial charge in [-0.2, -0.15) is 0 Å². The Morgan fingerprint density at radius 2 is 1.68 bits per heavy atom. The molecule has 0 bridgehead atoms. The number of nitrogens with zero attached hydrogens (tertiary/aromatic N) is 1. The molecule has 0 atom stereocenters. The van der Waals surface area contributed by atoms with Gasteiger partial charge in [0.2, 0.25) is 0 Å². The second-order valence-electron chi connectivity index (χ2n) is 8.04. The van der Waals surface area contributed by atoms with E-state index in [4.69, 9.17) is 0 Å². The first kappa shape index (κ1) is 15.9. The monoisotopic (exact) mass is 300 g/mol. The van der Waals surface area contributed by atoms with Crippen LogP contribution in [-0.2, 0) is 0 Å². The molecule has 0 spiro atoms. The molecule has 3 rings (SSSR count). The van der Waals surface area contributed by atoms with Crippen LogP contribution >= 0.6 is 0 Å². The number of hydrogen-bond donors (Lipinski definition) is 1. The van der Waals surface area contributed by atoms with E-state index in [0.29, 0.717) is 5.41 Å². The van der Waals surface area contributed by atoms with Gasteiger partial charge in [0.1, 0.15) is 0 Å². The predicted molar refractivity (Wildman–Crippen MR) is 95.6 cm³/mol. The van der Waals surface area contributed by atoms with Crippen molar-refractivity contribution < 1.29 is 0 Å². The molecule has 1 aliphatic heterocycles. The quantitative estimate of drug-likeness (QED) is 0.834. The zero-order valence-electron chi connectivity index (χ0n) is 14.4. The van der Waals surface area contributed by atoms with Crippen LogP contribution in [0.25, 0.3) is 0 Å². The molecule has 0 amide bonds. The molecule has 2 heteroatoms. The molecule has 0 aromatic heterocycles. The van der Waals surface area contributed by atoms with Crippen molar-refractivity contribution in [3.8, 4) is 0 Å².